The molecule has 0 aliphatic carbocycles. The molecule has 108 valence electrons. The molecule has 1 aromatic rings. The summed E-state index contributed by atoms with van der Waals surface area (Å²) >= 11 is 0.513. The Bertz CT molecular complexity index is 436. The normalized spacial score (nSPS) is 12.1. The number of carboxylic acid groups (broad SMARTS) is 1. The van der Waals surface area contributed by atoms with Gasteiger partial charge in [0.15, 0.2) is 6.29 Å². The third kappa shape index (κ3) is 3.92. The number of thiophene rings is 1. The fourth-order valence-corrected chi connectivity index (χ4v) is 2.43. The van der Waals surface area contributed by atoms with Crippen LogP contribution in [-0.4, -0.2) is 24.3 Å². The van der Waals surface area contributed by atoms with E-state index < -0.39 is 28.9 Å². The van der Waals surface area contributed by atoms with E-state index in [0.717, 1.165) is 6.07 Å². The van der Waals surface area contributed by atoms with Crippen molar-refractivity contribution in [2.45, 2.75) is 26.3 Å². The molecule has 0 aromatic carbocycles. The molecule has 0 atom stereocenters. The first kappa shape index (κ1) is 15.9. The maximum atomic E-state index is 12.7. The van der Waals surface area contributed by atoms with Crippen LogP contribution in [0.3, 0.4) is 0 Å². The summed E-state index contributed by atoms with van der Waals surface area (Å²) in [6.07, 6.45) is -5.69. The summed E-state index contributed by atoms with van der Waals surface area (Å²) in [5, 5.41) is 8.81. The Labute approximate surface area is 111 Å². The fourth-order valence-electron chi connectivity index (χ4n) is 1.41. The van der Waals surface area contributed by atoms with Crippen molar-refractivity contribution in [2.24, 2.45) is 0 Å². The summed E-state index contributed by atoms with van der Waals surface area (Å²) in [4.78, 5) is 10.2. The molecule has 0 spiro atoms. The Morgan fingerprint density at radius 1 is 1.37 bits per heavy atom. The van der Waals surface area contributed by atoms with Gasteiger partial charge in [-0.15, -0.1) is 11.3 Å². The molecule has 8 heteroatoms. The molecule has 0 saturated carbocycles. The first-order valence-corrected chi connectivity index (χ1v) is 6.30. The Morgan fingerprint density at radius 2 is 1.89 bits per heavy atom. The minimum Gasteiger partial charge on any atom is -0.477 e. The zero-order valence-electron chi connectivity index (χ0n) is 10.3. The highest BCUT2D eigenvalue weighted by Gasteiger charge is 2.38. The second-order valence-corrected chi connectivity index (χ2v) is 4.52. The van der Waals surface area contributed by atoms with Gasteiger partial charge in [0.1, 0.15) is 4.88 Å². The van der Waals surface area contributed by atoms with Crippen molar-refractivity contribution in [3.8, 4) is 0 Å². The Hall–Kier alpha value is -1.12. The zero-order valence-corrected chi connectivity index (χ0v) is 11.1. The largest absolute Gasteiger partial charge is 0.477 e. The van der Waals surface area contributed by atoms with Crippen LogP contribution >= 0.6 is 11.3 Å². The van der Waals surface area contributed by atoms with E-state index in [2.05, 4.69) is 0 Å². The molecule has 0 bridgehead atoms. The topological polar surface area (TPSA) is 55.8 Å². The quantitative estimate of drug-likeness (QED) is 0.816. The van der Waals surface area contributed by atoms with Gasteiger partial charge in [-0.3, -0.25) is 0 Å². The number of alkyl halides is 3. The summed E-state index contributed by atoms with van der Waals surface area (Å²) in [7, 11) is 0. The number of rotatable bonds is 6. The van der Waals surface area contributed by atoms with Gasteiger partial charge in [0.25, 0.3) is 0 Å². The van der Waals surface area contributed by atoms with E-state index in [1.54, 1.807) is 13.8 Å². The lowest BCUT2D eigenvalue weighted by Gasteiger charge is -2.14. The maximum absolute atomic E-state index is 12.7. The average Bonchev–Trinajstić information content (AvgIpc) is 2.73. The van der Waals surface area contributed by atoms with Crippen LogP contribution in [0.15, 0.2) is 6.07 Å². The predicted octanol–water partition coefficient (Wildman–Crippen LogP) is 3.54. The van der Waals surface area contributed by atoms with Crippen LogP contribution in [0.5, 0.6) is 0 Å². The van der Waals surface area contributed by atoms with Gasteiger partial charge in [-0.25, -0.2) is 4.79 Å². The summed E-state index contributed by atoms with van der Waals surface area (Å²) in [6.45, 7) is 3.82. The lowest BCUT2D eigenvalue weighted by molar-refractivity contribution is -0.141. The number of hydrogen-bond acceptors (Lipinski definition) is 4. The molecule has 4 nitrogen and oxygen atoms in total. The summed E-state index contributed by atoms with van der Waals surface area (Å²) in [5.74, 6) is -1.62. The van der Waals surface area contributed by atoms with Crippen LogP contribution in [0.25, 0.3) is 0 Å². The molecule has 0 saturated heterocycles. The molecule has 19 heavy (non-hydrogen) atoms. The van der Waals surface area contributed by atoms with Gasteiger partial charge in [-0.05, 0) is 19.9 Å². The van der Waals surface area contributed by atoms with Crippen LogP contribution in [-0.2, 0) is 15.7 Å². The van der Waals surface area contributed by atoms with Crippen LogP contribution in [0, 0.1) is 0 Å². The number of ether oxygens (including phenoxy) is 2. The van der Waals surface area contributed by atoms with Gasteiger partial charge < -0.3 is 14.6 Å². The number of hydrogen-bond donors (Lipinski definition) is 1. The molecule has 1 rings (SSSR count). The SMILES string of the molecule is CCOC(OCC)c1cc(C(F)(F)F)c(C(=O)O)s1. The molecule has 1 aromatic heterocycles. The van der Waals surface area contributed by atoms with Gasteiger partial charge in [-0.1, -0.05) is 0 Å². The van der Waals surface area contributed by atoms with Gasteiger partial charge in [0.2, 0.25) is 0 Å². The van der Waals surface area contributed by atoms with E-state index in [0.29, 0.717) is 11.3 Å². The Morgan fingerprint density at radius 3 is 2.21 bits per heavy atom. The number of carboxylic acids is 1. The van der Waals surface area contributed by atoms with Crippen molar-refractivity contribution in [3.05, 3.63) is 21.4 Å². The monoisotopic (exact) mass is 298 g/mol. The van der Waals surface area contributed by atoms with E-state index in [1.165, 1.54) is 0 Å². The van der Waals surface area contributed by atoms with Crippen LogP contribution in [0.4, 0.5) is 13.2 Å². The lowest BCUT2D eigenvalue weighted by atomic mass is 10.2. The molecule has 1 N–H and O–H groups in total. The summed E-state index contributed by atoms with van der Waals surface area (Å²) < 4.78 is 48.5. The Kier molecular flexibility index (Phi) is 5.33. The third-order valence-corrected chi connectivity index (χ3v) is 3.26. The smallest absolute Gasteiger partial charge is 0.418 e. The molecule has 0 unspecified atom stereocenters. The minimum absolute atomic E-state index is 0.0911. The summed E-state index contributed by atoms with van der Waals surface area (Å²) in [6, 6.07) is 0.768. The van der Waals surface area contributed by atoms with E-state index in [-0.39, 0.29) is 18.1 Å². The molecule has 0 amide bonds. The highest BCUT2D eigenvalue weighted by Crippen LogP contribution is 2.39. The van der Waals surface area contributed by atoms with Crippen molar-refractivity contribution in [1.82, 2.24) is 0 Å². The van der Waals surface area contributed by atoms with Gasteiger partial charge in [-0.2, -0.15) is 13.2 Å². The molecular weight excluding hydrogens is 285 g/mol. The van der Waals surface area contributed by atoms with Crippen molar-refractivity contribution in [1.29, 1.82) is 0 Å². The highest BCUT2D eigenvalue weighted by atomic mass is 32.1. The van der Waals surface area contributed by atoms with Crippen molar-refractivity contribution >= 4 is 17.3 Å². The highest BCUT2D eigenvalue weighted by molar-refractivity contribution is 7.14. The molecule has 0 fully saturated rings. The lowest BCUT2D eigenvalue weighted by Crippen LogP contribution is -2.09. The molecule has 0 aliphatic heterocycles. The second-order valence-electron chi connectivity index (χ2n) is 3.44. The van der Waals surface area contributed by atoms with E-state index in [1.807, 2.05) is 0 Å². The van der Waals surface area contributed by atoms with Gasteiger partial charge in [0, 0.05) is 13.2 Å². The van der Waals surface area contributed by atoms with Crippen LogP contribution in [0.1, 0.15) is 40.2 Å². The molecule has 0 radical (unpaired) electrons. The average molecular weight is 298 g/mol. The van der Waals surface area contributed by atoms with Crippen LogP contribution in [0.2, 0.25) is 0 Å². The predicted molar refractivity (Wildman–Crippen MR) is 62.3 cm³/mol. The zero-order chi connectivity index (χ0) is 14.6. The van der Waals surface area contributed by atoms with Gasteiger partial charge >= 0.3 is 12.1 Å². The number of carbonyl (C=O) groups is 1. The molecular formula is C11H13F3O4S. The van der Waals surface area contributed by atoms with E-state index in [4.69, 9.17) is 14.6 Å². The van der Waals surface area contributed by atoms with Crippen molar-refractivity contribution in [2.75, 3.05) is 13.2 Å². The Balaban J connectivity index is 3.19. The maximum Gasteiger partial charge on any atom is 0.418 e. The number of halogens is 3. The van der Waals surface area contributed by atoms with Crippen molar-refractivity contribution in [3.63, 3.8) is 0 Å². The second kappa shape index (κ2) is 6.36. The molecule has 0 aliphatic rings. The van der Waals surface area contributed by atoms with E-state index >= 15 is 0 Å². The first-order chi connectivity index (χ1) is 8.81. The van der Waals surface area contributed by atoms with Crippen LogP contribution < -0.4 is 0 Å². The summed E-state index contributed by atoms with van der Waals surface area (Å²) in [5.41, 5.74) is -1.18. The fraction of sp³-hybridized carbons (Fsp3) is 0.545. The standard InChI is InChI=1S/C11H13F3O4S/c1-3-17-10(18-4-2)7-5-6(11(12,13)14)8(19-7)9(15)16/h5,10H,3-4H2,1-2H3,(H,15,16). The molecule has 1 heterocycles. The minimum atomic E-state index is -4.72. The van der Waals surface area contributed by atoms with Crippen molar-refractivity contribution < 1.29 is 32.5 Å². The van der Waals surface area contributed by atoms with Gasteiger partial charge in [0.05, 0.1) is 10.4 Å². The first-order valence-electron chi connectivity index (χ1n) is 5.48. The third-order valence-electron chi connectivity index (χ3n) is 2.12. The number of aromatic carboxylic acids is 1. The van der Waals surface area contributed by atoms with E-state index in [9.17, 15) is 18.0 Å².